The number of nitrogens with one attached hydrogen (secondary N) is 7. The van der Waals surface area contributed by atoms with Gasteiger partial charge in [-0.05, 0) is 104 Å². The highest BCUT2D eigenvalue weighted by molar-refractivity contribution is 5.92. The number of para-hydroxylation sites is 1. The fraction of sp³-hybridized carbons (Fsp3) is 0.754. The Balaban J connectivity index is 0.000000190. The van der Waals surface area contributed by atoms with Crippen molar-refractivity contribution < 1.29 is 103 Å². The van der Waals surface area contributed by atoms with Crippen molar-refractivity contribution in [3.8, 4) is 5.75 Å². The van der Waals surface area contributed by atoms with E-state index in [1.807, 2.05) is 43.4 Å². The fourth-order valence-corrected chi connectivity index (χ4v) is 13.8. The third-order valence-corrected chi connectivity index (χ3v) is 19.2. The van der Waals surface area contributed by atoms with E-state index >= 15 is 0 Å². The molecule has 10 rings (SSSR count). The van der Waals surface area contributed by atoms with Crippen LogP contribution in [0.5, 0.6) is 5.75 Å². The monoisotopic (exact) mass is 1370 g/mol. The molecule has 35 nitrogen and oxygen atoms in total. The highest BCUT2D eigenvalue weighted by Crippen LogP contribution is 2.40. The predicted octanol–water partition coefficient (Wildman–Crippen LogP) is -7.72. The number of benzene rings is 2. The number of hydrogen-bond donors (Lipinski definition) is 23. The molecule has 27 atom stereocenters. The molecule has 5 saturated heterocycles. The molecule has 5 aliphatic heterocycles. The zero-order chi connectivity index (χ0) is 70.2. The van der Waals surface area contributed by atoms with Crippen molar-refractivity contribution in [3.05, 3.63) is 52.2 Å². The van der Waals surface area contributed by atoms with Crippen LogP contribution in [0.2, 0.25) is 0 Å². The lowest BCUT2D eigenvalue weighted by Crippen LogP contribution is -2.73. The van der Waals surface area contributed by atoms with Crippen LogP contribution in [0.1, 0.15) is 57.9 Å². The molecule has 0 radical (unpaired) electrons. The molecule has 0 spiro atoms. The molecule has 96 heavy (non-hydrogen) atoms. The molecule has 0 amide bonds. The zero-order valence-electron chi connectivity index (χ0n) is 54.8. The Labute approximate surface area is 555 Å². The topological polar surface area (TPSA) is 577 Å². The standard InChI is InChI=1S/C21H41N7O12.C20H41N5O7.C20H21NO3/c1-5-21(36,4-30)16(40-17-9(26-2)13(34)10(31)6(3-29)38-17)18(37-5)39-15-8(28-20(24)25)11(32)7(27-19(22)23)12(33)14(15)35;1-20(28)8-29-19(14(27)17(20)25-3)32-16-12(23)6-11(22)15(13(16)26)31-18-10(21)5-4-9(30-18)7-24-2;1-23-17-10-9-15-19(22)14-7-3-4-8-18(14)24-20(15)16(17)13-21-11-5-2-6-12-21/h5-18,26,29-36H,3-4H2,1-2H3,(H4,22,23,27)(H4,24,25,28);9-19,24-28H,4-8,21-23H2,1-3H3;3-4,7-10H,2,5-6,11-13H2,1H3/t5-,6-,7+,8-,9-,10-,11+,12-,13-,14+,15+,16-,17-,18-,21+;9-,10+,11-,12+,13-,14+,15+,16-,17+,18+,19+,20-;/m00./s1. The minimum absolute atomic E-state index is 0.0226. The average Bonchev–Trinajstić information content (AvgIpc) is 1.28. The van der Waals surface area contributed by atoms with Crippen LogP contribution in [0.15, 0.2) is 45.6 Å². The molecule has 7 aliphatic rings. The summed E-state index contributed by atoms with van der Waals surface area (Å²) >= 11 is 0. The average molecular weight is 1370 g/mol. The lowest BCUT2D eigenvalue weighted by molar-refractivity contribution is -0.318. The quantitative estimate of drug-likeness (QED) is 0.0301. The fourth-order valence-electron chi connectivity index (χ4n) is 13.8. The number of hydrogen-bond acceptors (Lipinski definition) is 31. The second-order valence-electron chi connectivity index (χ2n) is 26.0. The number of guanidine groups is 2. The van der Waals surface area contributed by atoms with Gasteiger partial charge in [-0.25, -0.2) is 0 Å². The van der Waals surface area contributed by atoms with Gasteiger partial charge in [0.05, 0.1) is 91.8 Å². The first kappa shape index (κ1) is 77.0. The summed E-state index contributed by atoms with van der Waals surface area (Å²) in [6, 6.07) is 5.04. The molecule has 1 aromatic heterocycles. The number of aliphatic hydroxyl groups excluding tert-OH is 9. The number of aliphatic hydroxyl groups is 11. The minimum atomic E-state index is -2.15. The number of likely N-dealkylation sites (tertiary alicyclic amines) is 1. The first-order chi connectivity index (χ1) is 45.6. The molecule has 0 bridgehead atoms. The van der Waals surface area contributed by atoms with Gasteiger partial charge in [0.15, 0.2) is 37.1 Å². The molecule has 7 fully saturated rings. The van der Waals surface area contributed by atoms with E-state index < -0.39 is 177 Å². The SMILES string of the molecule is CNC[C@@H]1CC[C@@H](N)[C@@H](O[C@H]2[C@H](O)[C@@H](O[C@H]3OC[C@](C)(O)[C@H](NC)[C@H]3O)[C@H](N)C[C@@H]2N)O1.CN[C@@H]1[C@H](O[C@H]2[C@H](O[C@H]3[C@H](O)[C@@H](O)[C@H](NC(=N)N)[C@@H](O)[C@@H]3NC(=N)N)O[C@@H](C)[C@]2(O)CO)O[C@@H](CO)[C@H](O)[C@H]1O.COc1ccc2c(=O)c3ccccc3oc2c1CN1CCCCC1. The van der Waals surface area contributed by atoms with Crippen LogP contribution < -0.4 is 65.4 Å². The number of methoxy groups -OCH3 is 1. The third kappa shape index (κ3) is 17.0. The molecule has 544 valence electrons. The van der Waals surface area contributed by atoms with Gasteiger partial charge in [-0.2, -0.15) is 0 Å². The van der Waals surface area contributed by atoms with Crippen molar-refractivity contribution >= 4 is 33.9 Å². The molecule has 35 heteroatoms. The van der Waals surface area contributed by atoms with Crippen LogP contribution >= 0.6 is 0 Å². The van der Waals surface area contributed by atoms with E-state index in [1.54, 1.807) is 21.1 Å². The Hall–Kier alpha value is -4.79. The van der Waals surface area contributed by atoms with Gasteiger partial charge >= 0.3 is 0 Å². The maximum absolute atomic E-state index is 12.8. The van der Waals surface area contributed by atoms with Crippen molar-refractivity contribution in [1.82, 2.24) is 31.5 Å². The van der Waals surface area contributed by atoms with E-state index in [2.05, 4.69) is 31.5 Å². The molecule has 3 aromatic rings. The minimum Gasteiger partial charge on any atom is -0.496 e. The maximum atomic E-state index is 12.8. The first-order valence-electron chi connectivity index (χ1n) is 32.4. The van der Waals surface area contributed by atoms with Crippen molar-refractivity contribution in [2.75, 3.05) is 67.7 Å². The number of nitrogens with zero attached hydrogens (tertiary/aromatic N) is 1. The van der Waals surface area contributed by atoms with Crippen LogP contribution in [0.3, 0.4) is 0 Å². The van der Waals surface area contributed by atoms with Crippen LogP contribution in [0.4, 0.5) is 0 Å². The first-order valence-corrected chi connectivity index (χ1v) is 32.4. The Bertz CT molecular complexity index is 3060. The predicted molar refractivity (Wildman–Crippen MR) is 343 cm³/mol. The van der Waals surface area contributed by atoms with Gasteiger partial charge in [0.2, 0.25) is 5.43 Å². The van der Waals surface area contributed by atoms with Crippen molar-refractivity contribution in [1.29, 1.82) is 10.8 Å². The van der Waals surface area contributed by atoms with Crippen molar-refractivity contribution in [3.63, 3.8) is 0 Å². The number of likely N-dealkylation sites (N-methyl/N-ethyl adjacent to an activating group) is 3. The smallest absolute Gasteiger partial charge is 0.200 e. The summed E-state index contributed by atoms with van der Waals surface area (Å²) in [6.07, 6.45) is -17.3. The van der Waals surface area contributed by atoms with E-state index in [-0.39, 0.29) is 24.2 Å². The Kier molecular flexibility index (Phi) is 26.9. The van der Waals surface area contributed by atoms with Crippen LogP contribution in [0.25, 0.3) is 21.9 Å². The number of nitrogens with two attached hydrogens (primary N) is 5. The molecular formula is C61H103N13O22. The van der Waals surface area contributed by atoms with E-state index in [0.29, 0.717) is 34.9 Å². The summed E-state index contributed by atoms with van der Waals surface area (Å²) in [4.78, 5) is 15.2. The second kappa shape index (κ2) is 33.6. The molecule has 2 saturated carbocycles. The molecule has 6 heterocycles. The van der Waals surface area contributed by atoms with Gasteiger partial charge in [-0.15, -0.1) is 0 Å². The van der Waals surface area contributed by atoms with Crippen molar-refractivity contribution in [2.24, 2.45) is 28.7 Å². The summed E-state index contributed by atoms with van der Waals surface area (Å²) < 4.78 is 58.4. The molecule has 0 unspecified atom stereocenters. The van der Waals surface area contributed by atoms with E-state index in [0.717, 1.165) is 43.8 Å². The summed E-state index contributed by atoms with van der Waals surface area (Å²) in [5.41, 5.74) is 28.3. The van der Waals surface area contributed by atoms with Gasteiger partial charge in [0, 0.05) is 25.2 Å². The number of rotatable bonds is 19. The Morgan fingerprint density at radius 2 is 1.32 bits per heavy atom. The summed E-state index contributed by atoms with van der Waals surface area (Å²) in [5, 5.41) is 146. The van der Waals surface area contributed by atoms with E-state index in [9.17, 15) is 61.0 Å². The second-order valence-corrected chi connectivity index (χ2v) is 26.0. The molecular weight excluding hydrogens is 1270 g/mol. The molecule has 2 aliphatic carbocycles. The lowest BCUT2D eigenvalue weighted by Gasteiger charge is -2.48. The van der Waals surface area contributed by atoms with Gasteiger partial charge < -0.3 is 158 Å². The van der Waals surface area contributed by atoms with Crippen LogP contribution in [-0.4, -0.2) is 305 Å². The zero-order valence-corrected chi connectivity index (χ0v) is 54.8. The summed E-state index contributed by atoms with van der Waals surface area (Å²) in [7, 11) is 6.57. The van der Waals surface area contributed by atoms with E-state index in [4.69, 9.17) is 86.5 Å². The molecule has 2 aromatic carbocycles. The van der Waals surface area contributed by atoms with E-state index in [1.165, 1.54) is 33.2 Å². The largest absolute Gasteiger partial charge is 0.496 e. The maximum Gasteiger partial charge on any atom is 0.200 e. The highest BCUT2D eigenvalue weighted by Gasteiger charge is 2.61. The third-order valence-electron chi connectivity index (χ3n) is 19.2. The van der Waals surface area contributed by atoms with Crippen molar-refractivity contribution in [2.45, 2.75) is 223 Å². The van der Waals surface area contributed by atoms with Gasteiger partial charge in [0.1, 0.15) is 95.3 Å². The number of ether oxygens (including phenoxy) is 9. The van der Waals surface area contributed by atoms with Gasteiger partial charge in [-0.3, -0.25) is 20.5 Å². The normalized spacial score (nSPS) is 40.6. The Morgan fingerprint density at radius 3 is 1.94 bits per heavy atom. The van der Waals surface area contributed by atoms with Gasteiger partial charge in [0.25, 0.3) is 0 Å². The Morgan fingerprint density at radius 1 is 0.688 bits per heavy atom. The summed E-state index contributed by atoms with van der Waals surface area (Å²) in [6.45, 7) is 4.87. The van der Waals surface area contributed by atoms with Crippen LogP contribution in [0, 0.1) is 10.8 Å². The number of fused-ring (bicyclic) bond motifs is 2. The highest BCUT2D eigenvalue weighted by atomic mass is 16.8. The molecule has 28 N–H and O–H groups in total. The van der Waals surface area contributed by atoms with Crippen LogP contribution in [-0.2, 0) is 44.4 Å². The summed E-state index contributed by atoms with van der Waals surface area (Å²) in [5.74, 6) is -0.476. The van der Waals surface area contributed by atoms with Gasteiger partial charge in [-0.1, -0.05) is 18.6 Å². The lowest BCUT2D eigenvalue weighted by atomic mass is 9.81. The number of piperidine rings is 1.